The van der Waals surface area contributed by atoms with Crippen molar-refractivity contribution in [2.75, 3.05) is 0 Å². The fourth-order valence-corrected chi connectivity index (χ4v) is 9.87. The molecule has 2 saturated carbocycles. The predicted octanol–water partition coefficient (Wildman–Crippen LogP) is 8.51. The average Bonchev–Trinajstić information content (AvgIpc) is 3.09. The van der Waals surface area contributed by atoms with E-state index in [1.54, 1.807) is 5.57 Å². The Morgan fingerprint density at radius 3 is 2.35 bits per heavy atom. The first-order valence-electron chi connectivity index (χ1n) is 12.7. The summed E-state index contributed by atoms with van der Waals surface area (Å²) in [5, 5.41) is 0. The lowest BCUT2D eigenvalue weighted by Crippen LogP contribution is -2.47. The third kappa shape index (κ3) is 3.90. The number of alkyl halides is 2. The molecule has 0 aromatic carbocycles. The quantitative estimate of drug-likeness (QED) is 0.246. The fourth-order valence-electron chi connectivity index (χ4n) is 7.93. The van der Waals surface area contributed by atoms with Crippen molar-refractivity contribution in [1.29, 1.82) is 0 Å². The first-order chi connectivity index (χ1) is 14.5. The molecule has 4 aliphatic rings. The molecule has 0 bridgehead atoms. The van der Waals surface area contributed by atoms with E-state index in [4.69, 9.17) is 0 Å². The zero-order valence-electron chi connectivity index (χ0n) is 20.4. The van der Waals surface area contributed by atoms with Gasteiger partial charge in [-0.1, -0.05) is 90.6 Å². The molecule has 174 valence electrons. The molecule has 9 atom stereocenters. The van der Waals surface area contributed by atoms with Gasteiger partial charge in [-0.05, 0) is 90.9 Å². The van der Waals surface area contributed by atoms with Crippen LogP contribution in [0.3, 0.4) is 0 Å². The van der Waals surface area contributed by atoms with Gasteiger partial charge in [-0.3, -0.25) is 4.79 Å². The van der Waals surface area contributed by atoms with E-state index < -0.39 is 0 Å². The second-order valence-corrected chi connectivity index (χ2v) is 14.3. The molecular weight excluding hydrogens is 512 g/mol. The minimum absolute atomic E-state index is 0.231. The highest BCUT2D eigenvalue weighted by Gasteiger charge is 2.57. The third-order valence-electron chi connectivity index (χ3n) is 10.5. The zero-order valence-corrected chi connectivity index (χ0v) is 23.6. The Bertz CT molecular complexity index is 782. The fraction of sp³-hybridized carbons (Fsp3) is 0.821. The Morgan fingerprint density at radius 2 is 1.68 bits per heavy atom. The Kier molecular flexibility index (Phi) is 6.81. The van der Waals surface area contributed by atoms with Gasteiger partial charge in [0.15, 0.2) is 5.78 Å². The summed E-state index contributed by atoms with van der Waals surface area (Å²) in [4.78, 5) is 13.1. The van der Waals surface area contributed by atoms with Gasteiger partial charge in [0.2, 0.25) is 0 Å². The molecule has 0 saturated heterocycles. The molecule has 4 rings (SSSR count). The molecule has 0 amide bonds. The third-order valence-corrected chi connectivity index (χ3v) is 14.0. The molecule has 0 aromatic rings. The Hall–Kier alpha value is 0.110. The molecule has 31 heavy (non-hydrogen) atoms. The highest BCUT2D eigenvalue weighted by Crippen LogP contribution is 2.66. The van der Waals surface area contributed by atoms with Gasteiger partial charge in [-0.2, -0.15) is 0 Å². The monoisotopic (exact) mass is 552 g/mol. The molecule has 0 unspecified atom stereocenters. The summed E-state index contributed by atoms with van der Waals surface area (Å²) < 4.78 is 0. The number of carbonyl (C=O) groups excluding carboxylic acids is 1. The largest absolute Gasteiger partial charge is 0.295 e. The van der Waals surface area contributed by atoms with Crippen molar-refractivity contribution in [3.8, 4) is 0 Å². The lowest BCUT2D eigenvalue weighted by molar-refractivity contribution is -0.116. The summed E-state index contributed by atoms with van der Waals surface area (Å²) in [6.45, 7) is 14.7. The summed E-state index contributed by atoms with van der Waals surface area (Å²) in [5.41, 5.74) is 3.85. The number of fused-ring (bicyclic) bond motifs is 5. The van der Waals surface area contributed by atoms with Crippen molar-refractivity contribution in [3.05, 3.63) is 23.3 Å². The molecule has 0 aliphatic heterocycles. The maximum atomic E-state index is 12.1. The van der Waals surface area contributed by atoms with Crippen molar-refractivity contribution in [1.82, 2.24) is 0 Å². The number of halogens is 2. The smallest absolute Gasteiger partial charge is 0.155 e. The molecule has 2 fully saturated rings. The first-order valence-corrected chi connectivity index (χ1v) is 14.6. The van der Waals surface area contributed by atoms with Gasteiger partial charge in [-0.25, -0.2) is 0 Å². The second-order valence-electron chi connectivity index (χ2n) is 12.1. The van der Waals surface area contributed by atoms with E-state index in [0.29, 0.717) is 44.5 Å². The van der Waals surface area contributed by atoms with Crippen molar-refractivity contribution in [3.63, 3.8) is 0 Å². The van der Waals surface area contributed by atoms with Crippen LogP contribution in [0.2, 0.25) is 0 Å². The van der Waals surface area contributed by atoms with Crippen LogP contribution in [-0.4, -0.2) is 15.4 Å². The summed E-state index contributed by atoms with van der Waals surface area (Å²) in [5.74, 6) is 4.55. The van der Waals surface area contributed by atoms with E-state index in [-0.39, 0.29) is 5.41 Å². The predicted molar refractivity (Wildman–Crippen MR) is 139 cm³/mol. The minimum Gasteiger partial charge on any atom is -0.295 e. The van der Waals surface area contributed by atoms with Crippen molar-refractivity contribution >= 4 is 37.6 Å². The summed E-state index contributed by atoms with van der Waals surface area (Å²) in [6, 6.07) is 0. The van der Waals surface area contributed by atoms with Crippen molar-refractivity contribution in [2.45, 2.75) is 96.1 Å². The van der Waals surface area contributed by atoms with E-state index in [9.17, 15) is 4.79 Å². The van der Waals surface area contributed by atoms with Gasteiger partial charge in [0.25, 0.3) is 0 Å². The minimum atomic E-state index is 0.231. The maximum Gasteiger partial charge on any atom is 0.155 e. The van der Waals surface area contributed by atoms with Crippen LogP contribution in [-0.2, 0) is 4.79 Å². The zero-order chi connectivity index (χ0) is 22.7. The van der Waals surface area contributed by atoms with Crippen molar-refractivity contribution in [2.24, 2.45) is 46.3 Å². The van der Waals surface area contributed by atoms with Crippen LogP contribution >= 0.6 is 31.9 Å². The van der Waals surface area contributed by atoms with Gasteiger partial charge in [0.1, 0.15) is 0 Å². The lowest BCUT2D eigenvalue weighted by Gasteiger charge is -2.55. The SMILES string of the molecule is CC(C)[C@@H](C)[C@H](Br)[C@H](Br)[C@@H](C)[C@@H]1CC[C@@H]2C3=CCC4=CC(=O)CC[C@]4(C)[C@@H]3CC[C@]21C. The molecule has 3 heteroatoms. The molecular formula is C28H42Br2O. The lowest BCUT2D eigenvalue weighted by atomic mass is 9.49. The molecule has 0 N–H and O–H groups in total. The summed E-state index contributed by atoms with van der Waals surface area (Å²) in [6.07, 6.45) is 12.8. The van der Waals surface area contributed by atoms with Crippen LogP contribution in [0.4, 0.5) is 0 Å². The summed E-state index contributed by atoms with van der Waals surface area (Å²) in [7, 11) is 0. The van der Waals surface area contributed by atoms with Gasteiger partial charge in [0, 0.05) is 16.1 Å². The highest BCUT2D eigenvalue weighted by molar-refractivity contribution is 9.12. The molecule has 1 nitrogen and oxygen atoms in total. The Labute approximate surface area is 207 Å². The van der Waals surface area contributed by atoms with Gasteiger partial charge in [-0.15, -0.1) is 0 Å². The first kappa shape index (κ1) is 24.2. The number of hydrogen-bond acceptors (Lipinski definition) is 1. The van der Waals surface area contributed by atoms with E-state index in [2.05, 4.69) is 79.5 Å². The second kappa shape index (κ2) is 8.71. The topological polar surface area (TPSA) is 17.1 Å². The Balaban J connectivity index is 1.57. The van der Waals surface area contributed by atoms with Crippen LogP contribution in [0, 0.1) is 46.3 Å². The molecule has 0 heterocycles. The van der Waals surface area contributed by atoms with Gasteiger partial charge >= 0.3 is 0 Å². The van der Waals surface area contributed by atoms with Crippen LogP contribution in [0.25, 0.3) is 0 Å². The number of rotatable bonds is 5. The summed E-state index contributed by atoms with van der Waals surface area (Å²) >= 11 is 8.23. The van der Waals surface area contributed by atoms with Crippen LogP contribution < -0.4 is 0 Å². The standard InChI is InChI=1S/C28H42Br2O/c1-16(2)17(3)25(29)26(30)18(4)22-9-10-23-21-8-7-19-15-20(31)11-13-27(19,5)24(21)12-14-28(22,23)6/h8,15-18,22-26H,7,9-14H2,1-6H3/t17-,18+,22+,23-,24-,25+,26-,27+,28+/m1/s1. The van der Waals surface area contributed by atoms with E-state index >= 15 is 0 Å². The number of ketones is 1. The van der Waals surface area contributed by atoms with E-state index in [1.807, 2.05) is 6.08 Å². The van der Waals surface area contributed by atoms with E-state index in [1.165, 1.54) is 31.3 Å². The highest BCUT2D eigenvalue weighted by atomic mass is 79.9. The van der Waals surface area contributed by atoms with Crippen LogP contribution in [0.15, 0.2) is 23.3 Å². The van der Waals surface area contributed by atoms with Gasteiger partial charge < -0.3 is 0 Å². The number of hydrogen-bond donors (Lipinski definition) is 0. The van der Waals surface area contributed by atoms with Crippen LogP contribution in [0.1, 0.15) is 86.5 Å². The Morgan fingerprint density at radius 1 is 0.968 bits per heavy atom. The van der Waals surface area contributed by atoms with Crippen LogP contribution in [0.5, 0.6) is 0 Å². The molecule has 4 aliphatic carbocycles. The average molecular weight is 554 g/mol. The van der Waals surface area contributed by atoms with Gasteiger partial charge in [0.05, 0.1) is 0 Å². The molecule has 0 spiro atoms. The maximum absolute atomic E-state index is 12.1. The normalized spacial score (nSPS) is 41.5. The number of allylic oxidation sites excluding steroid dienone is 4. The number of carbonyl (C=O) groups is 1. The van der Waals surface area contributed by atoms with E-state index in [0.717, 1.165) is 31.1 Å². The molecule has 0 aromatic heterocycles. The molecule has 0 radical (unpaired) electrons. The van der Waals surface area contributed by atoms with Crippen molar-refractivity contribution < 1.29 is 4.79 Å².